The van der Waals surface area contributed by atoms with E-state index in [-0.39, 0.29) is 18.7 Å². The molecule has 0 saturated carbocycles. The average molecular weight is 227 g/mol. The standard InChI is InChI=1S/C9H16F3NO2/c1-8(3-2-5-14-7-8)13-4-6-15-9(10,11)12/h13H,2-7H2,1H3. The van der Waals surface area contributed by atoms with Crippen LogP contribution in [-0.4, -0.2) is 38.3 Å². The van der Waals surface area contributed by atoms with Crippen molar-refractivity contribution in [2.45, 2.75) is 31.7 Å². The highest BCUT2D eigenvalue weighted by molar-refractivity contribution is 4.85. The summed E-state index contributed by atoms with van der Waals surface area (Å²) in [5.74, 6) is 0. The number of rotatable bonds is 4. The van der Waals surface area contributed by atoms with Gasteiger partial charge in [0.05, 0.1) is 13.2 Å². The van der Waals surface area contributed by atoms with E-state index in [1.165, 1.54) is 0 Å². The summed E-state index contributed by atoms with van der Waals surface area (Å²) < 4.78 is 43.8. The molecule has 3 nitrogen and oxygen atoms in total. The lowest BCUT2D eigenvalue weighted by molar-refractivity contribution is -0.323. The molecule has 90 valence electrons. The Morgan fingerprint density at radius 3 is 2.73 bits per heavy atom. The minimum atomic E-state index is -4.54. The lowest BCUT2D eigenvalue weighted by atomic mass is 9.95. The number of hydrogen-bond acceptors (Lipinski definition) is 3. The van der Waals surface area contributed by atoms with Gasteiger partial charge in [0.1, 0.15) is 0 Å². The third-order valence-corrected chi connectivity index (χ3v) is 2.36. The van der Waals surface area contributed by atoms with Gasteiger partial charge in [0.2, 0.25) is 0 Å². The maximum atomic E-state index is 11.6. The first-order valence-corrected chi connectivity index (χ1v) is 4.95. The second kappa shape index (κ2) is 5.14. The van der Waals surface area contributed by atoms with Gasteiger partial charge in [-0.05, 0) is 19.8 Å². The van der Waals surface area contributed by atoms with Gasteiger partial charge in [-0.3, -0.25) is 4.74 Å². The van der Waals surface area contributed by atoms with E-state index in [9.17, 15) is 13.2 Å². The van der Waals surface area contributed by atoms with Crippen LogP contribution in [-0.2, 0) is 9.47 Å². The van der Waals surface area contributed by atoms with Gasteiger partial charge in [-0.1, -0.05) is 0 Å². The van der Waals surface area contributed by atoms with E-state index in [0.29, 0.717) is 6.61 Å². The summed E-state index contributed by atoms with van der Waals surface area (Å²) in [6.07, 6.45) is -2.69. The molecule has 1 fully saturated rings. The van der Waals surface area contributed by atoms with Crippen LogP contribution in [0.3, 0.4) is 0 Å². The summed E-state index contributed by atoms with van der Waals surface area (Å²) in [6.45, 7) is 3.04. The summed E-state index contributed by atoms with van der Waals surface area (Å²) in [4.78, 5) is 0. The monoisotopic (exact) mass is 227 g/mol. The van der Waals surface area contributed by atoms with E-state index in [1.807, 2.05) is 6.92 Å². The molecule has 0 aromatic carbocycles. The molecule has 0 amide bonds. The van der Waals surface area contributed by atoms with Crippen LogP contribution in [0.25, 0.3) is 0 Å². The minimum absolute atomic E-state index is 0.180. The van der Waals surface area contributed by atoms with Gasteiger partial charge in [0, 0.05) is 18.7 Å². The predicted octanol–water partition coefficient (Wildman–Crippen LogP) is 1.68. The molecular formula is C9H16F3NO2. The summed E-state index contributed by atoms with van der Waals surface area (Å²) in [5, 5.41) is 3.02. The normalized spacial score (nSPS) is 28.0. The van der Waals surface area contributed by atoms with Gasteiger partial charge in [0.25, 0.3) is 0 Å². The highest BCUT2D eigenvalue weighted by atomic mass is 19.4. The van der Waals surface area contributed by atoms with Crippen molar-refractivity contribution >= 4 is 0 Å². The summed E-state index contributed by atoms with van der Waals surface area (Å²) in [5.41, 5.74) is -0.215. The Hall–Kier alpha value is -0.330. The fourth-order valence-corrected chi connectivity index (χ4v) is 1.59. The first-order chi connectivity index (χ1) is 6.91. The van der Waals surface area contributed by atoms with E-state index in [0.717, 1.165) is 19.4 Å². The molecule has 0 aromatic rings. The van der Waals surface area contributed by atoms with Crippen LogP contribution in [0.1, 0.15) is 19.8 Å². The van der Waals surface area contributed by atoms with E-state index in [2.05, 4.69) is 10.1 Å². The molecule has 1 aliphatic rings. The quantitative estimate of drug-likeness (QED) is 0.741. The Balaban J connectivity index is 2.13. The molecule has 0 bridgehead atoms. The molecule has 1 aliphatic heterocycles. The fourth-order valence-electron chi connectivity index (χ4n) is 1.59. The number of halogens is 3. The maximum Gasteiger partial charge on any atom is 0.522 e. The molecule has 15 heavy (non-hydrogen) atoms. The molecule has 1 N–H and O–H groups in total. The molecule has 1 atom stereocenters. The van der Waals surface area contributed by atoms with E-state index in [4.69, 9.17) is 4.74 Å². The Morgan fingerprint density at radius 2 is 2.20 bits per heavy atom. The molecule has 6 heteroatoms. The van der Waals surface area contributed by atoms with Gasteiger partial charge >= 0.3 is 6.36 Å². The Bertz CT molecular complexity index is 190. The highest BCUT2D eigenvalue weighted by Crippen LogP contribution is 2.18. The predicted molar refractivity (Wildman–Crippen MR) is 48.5 cm³/mol. The van der Waals surface area contributed by atoms with Crippen molar-refractivity contribution in [3.63, 3.8) is 0 Å². The maximum absolute atomic E-state index is 11.6. The van der Waals surface area contributed by atoms with Crippen LogP contribution < -0.4 is 5.32 Å². The minimum Gasteiger partial charge on any atom is -0.380 e. The molecule has 0 aromatic heterocycles. The van der Waals surface area contributed by atoms with Crippen molar-refractivity contribution in [3.8, 4) is 0 Å². The molecule has 1 saturated heterocycles. The van der Waals surface area contributed by atoms with Crippen LogP contribution in [0, 0.1) is 0 Å². The lowest BCUT2D eigenvalue weighted by Gasteiger charge is -2.34. The van der Waals surface area contributed by atoms with Crippen LogP contribution in [0.5, 0.6) is 0 Å². The van der Waals surface area contributed by atoms with Crippen LogP contribution in [0.15, 0.2) is 0 Å². The number of ether oxygens (including phenoxy) is 2. The van der Waals surface area contributed by atoms with Gasteiger partial charge in [-0.2, -0.15) is 0 Å². The van der Waals surface area contributed by atoms with E-state index >= 15 is 0 Å². The molecular weight excluding hydrogens is 211 g/mol. The summed E-state index contributed by atoms with van der Waals surface area (Å²) in [6, 6.07) is 0. The van der Waals surface area contributed by atoms with Crippen molar-refractivity contribution in [2.24, 2.45) is 0 Å². The van der Waals surface area contributed by atoms with Gasteiger partial charge < -0.3 is 10.1 Å². The zero-order chi connectivity index (χ0) is 11.4. The SMILES string of the molecule is CC1(NCCOC(F)(F)F)CCCOC1. The number of hydrogen-bond donors (Lipinski definition) is 1. The van der Waals surface area contributed by atoms with Crippen LogP contribution >= 0.6 is 0 Å². The Labute approximate surface area is 86.9 Å². The molecule has 0 aliphatic carbocycles. The number of nitrogens with one attached hydrogen (secondary N) is 1. The average Bonchev–Trinajstić information content (AvgIpc) is 2.12. The van der Waals surface area contributed by atoms with Crippen LogP contribution in [0.2, 0.25) is 0 Å². The van der Waals surface area contributed by atoms with Crippen molar-refractivity contribution in [1.29, 1.82) is 0 Å². The van der Waals surface area contributed by atoms with Gasteiger partial charge in [-0.25, -0.2) is 0 Å². The topological polar surface area (TPSA) is 30.5 Å². The third-order valence-electron chi connectivity index (χ3n) is 2.36. The first kappa shape index (κ1) is 12.7. The van der Waals surface area contributed by atoms with Crippen molar-refractivity contribution in [3.05, 3.63) is 0 Å². The Kier molecular flexibility index (Phi) is 4.36. The highest BCUT2D eigenvalue weighted by Gasteiger charge is 2.30. The Morgan fingerprint density at radius 1 is 1.47 bits per heavy atom. The zero-order valence-electron chi connectivity index (χ0n) is 8.69. The second-order valence-corrected chi connectivity index (χ2v) is 3.94. The summed E-state index contributed by atoms with van der Waals surface area (Å²) >= 11 is 0. The van der Waals surface area contributed by atoms with E-state index < -0.39 is 6.36 Å². The van der Waals surface area contributed by atoms with Crippen molar-refractivity contribution in [2.75, 3.05) is 26.4 Å². The second-order valence-electron chi connectivity index (χ2n) is 3.94. The molecule has 1 rings (SSSR count). The molecule has 0 spiro atoms. The fraction of sp³-hybridized carbons (Fsp3) is 1.00. The van der Waals surface area contributed by atoms with Gasteiger partial charge in [0.15, 0.2) is 0 Å². The molecule has 1 unspecified atom stereocenters. The van der Waals surface area contributed by atoms with Gasteiger partial charge in [-0.15, -0.1) is 13.2 Å². The molecule has 0 radical (unpaired) electrons. The van der Waals surface area contributed by atoms with Crippen molar-refractivity contribution in [1.82, 2.24) is 5.32 Å². The largest absolute Gasteiger partial charge is 0.522 e. The smallest absolute Gasteiger partial charge is 0.380 e. The molecule has 1 heterocycles. The lowest BCUT2D eigenvalue weighted by Crippen LogP contribution is -2.50. The van der Waals surface area contributed by atoms with Crippen LogP contribution in [0.4, 0.5) is 13.2 Å². The van der Waals surface area contributed by atoms with E-state index in [1.54, 1.807) is 0 Å². The van der Waals surface area contributed by atoms with Crippen molar-refractivity contribution < 1.29 is 22.6 Å². The zero-order valence-corrected chi connectivity index (χ0v) is 8.69. The first-order valence-electron chi connectivity index (χ1n) is 4.95. The summed E-state index contributed by atoms with van der Waals surface area (Å²) in [7, 11) is 0. The third kappa shape index (κ3) is 5.34. The number of alkyl halides is 3.